The minimum Gasteiger partial charge on any atom is -0.462 e. The Labute approximate surface area is 181 Å². The van der Waals surface area contributed by atoms with Gasteiger partial charge in [0.05, 0.1) is 12.7 Å². The maximum Gasteiger partial charge on any atom is 0.323 e. The molecule has 2 aromatic heterocycles. The lowest BCUT2D eigenvalue weighted by Crippen LogP contribution is -2.60. The summed E-state index contributed by atoms with van der Waals surface area (Å²) < 4.78 is 15.3. The van der Waals surface area contributed by atoms with Gasteiger partial charge in [0, 0.05) is 36.6 Å². The monoisotopic (exact) mass is 454 g/mol. The zero-order valence-corrected chi connectivity index (χ0v) is 16.9. The predicted octanol–water partition coefficient (Wildman–Crippen LogP) is -3.53. The summed E-state index contributed by atoms with van der Waals surface area (Å²) in [6.07, 6.45) is -1.93. The van der Waals surface area contributed by atoms with E-state index < -0.39 is 61.3 Å². The van der Waals surface area contributed by atoms with Crippen LogP contribution in [0.15, 0.2) is 25.0 Å². The van der Waals surface area contributed by atoms with E-state index in [0.717, 1.165) is 0 Å². The van der Waals surface area contributed by atoms with Crippen molar-refractivity contribution in [2.24, 2.45) is 11.5 Å². The number of aromatic amines is 2. The van der Waals surface area contributed by atoms with Crippen molar-refractivity contribution in [3.63, 3.8) is 0 Å². The highest BCUT2D eigenvalue weighted by molar-refractivity contribution is 5.76. The molecule has 176 valence electrons. The van der Waals surface area contributed by atoms with Crippen molar-refractivity contribution in [3.05, 3.63) is 36.4 Å². The van der Waals surface area contributed by atoms with E-state index in [1.165, 1.54) is 25.0 Å². The number of nitrogens with one attached hydrogen (secondary N) is 2. The Bertz CT molecular complexity index is 861. The molecule has 14 nitrogen and oxygen atoms in total. The normalized spacial score (nSPS) is 27.5. The second-order valence-electron chi connectivity index (χ2n) is 7.35. The van der Waals surface area contributed by atoms with Gasteiger partial charge in [0.15, 0.2) is 12.4 Å². The maximum atomic E-state index is 12.2. The van der Waals surface area contributed by atoms with Gasteiger partial charge >= 0.3 is 11.9 Å². The van der Waals surface area contributed by atoms with E-state index in [1.807, 2.05) is 0 Å². The van der Waals surface area contributed by atoms with E-state index in [1.54, 1.807) is 0 Å². The lowest BCUT2D eigenvalue weighted by molar-refractivity contribution is -0.291. The summed E-state index contributed by atoms with van der Waals surface area (Å²) >= 11 is 0. The van der Waals surface area contributed by atoms with Crippen molar-refractivity contribution in [1.29, 1.82) is 0 Å². The van der Waals surface area contributed by atoms with Gasteiger partial charge in [0.25, 0.3) is 0 Å². The van der Waals surface area contributed by atoms with Gasteiger partial charge in [-0.25, -0.2) is 9.97 Å². The van der Waals surface area contributed by atoms with E-state index in [2.05, 4.69) is 19.9 Å². The average Bonchev–Trinajstić information content (AvgIpc) is 3.46. The first-order valence-corrected chi connectivity index (χ1v) is 9.78. The van der Waals surface area contributed by atoms with Gasteiger partial charge in [-0.1, -0.05) is 0 Å². The van der Waals surface area contributed by atoms with E-state index in [0.29, 0.717) is 11.4 Å². The van der Waals surface area contributed by atoms with Crippen LogP contribution in [0.4, 0.5) is 0 Å². The van der Waals surface area contributed by atoms with Gasteiger partial charge in [0.1, 0.15) is 37.0 Å². The van der Waals surface area contributed by atoms with Crippen LogP contribution in [0.2, 0.25) is 0 Å². The average molecular weight is 454 g/mol. The molecule has 1 aliphatic rings. The standard InChI is InChI=1S/C18H26N6O8/c19-10(1-8-3-21-6-23-8)16(27)30-5-12-13(25)14(26)15(18(29)31-12)32-17(28)11(20)2-9-4-22-7-24-9/h3-4,6-7,10-15,18,25-26,29H,1-2,5,19-20H2,(H,21,23)(H,22,24)/t10-,11-,12+,13+,14-,15+,18?/m0/s1. The number of H-pyrrole nitrogens is 2. The molecule has 9 N–H and O–H groups in total. The van der Waals surface area contributed by atoms with Crippen LogP contribution in [0.3, 0.4) is 0 Å². The molecular weight excluding hydrogens is 428 g/mol. The summed E-state index contributed by atoms with van der Waals surface area (Å²) in [7, 11) is 0. The summed E-state index contributed by atoms with van der Waals surface area (Å²) in [6.45, 7) is -0.495. The number of carbonyl (C=O) groups excluding carboxylic acids is 2. The molecule has 0 aromatic carbocycles. The van der Waals surface area contributed by atoms with Crippen LogP contribution < -0.4 is 11.5 Å². The van der Waals surface area contributed by atoms with Crippen LogP contribution in [-0.2, 0) is 36.6 Å². The highest BCUT2D eigenvalue weighted by Gasteiger charge is 2.47. The van der Waals surface area contributed by atoms with Gasteiger partial charge in [0.2, 0.25) is 0 Å². The van der Waals surface area contributed by atoms with Crippen LogP contribution in [0, 0.1) is 0 Å². The van der Waals surface area contributed by atoms with Crippen LogP contribution >= 0.6 is 0 Å². The number of rotatable bonds is 9. The second-order valence-corrected chi connectivity index (χ2v) is 7.35. The Hall–Kier alpha value is -2.88. The zero-order chi connectivity index (χ0) is 23.3. The Morgan fingerprint density at radius 1 is 1.00 bits per heavy atom. The number of aromatic nitrogens is 4. The number of ether oxygens (including phenoxy) is 3. The molecule has 0 spiro atoms. The first kappa shape index (κ1) is 23.8. The minimum absolute atomic E-state index is 0.0819. The van der Waals surface area contributed by atoms with E-state index in [9.17, 15) is 24.9 Å². The van der Waals surface area contributed by atoms with Crippen LogP contribution in [0.1, 0.15) is 11.4 Å². The third-order valence-corrected chi connectivity index (χ3v) is 4.90. The number of nitrogens with two attached hydrogens (primary N) is 2. The number of hydrogen-bond donors (Lipinski definition) is 7. The second kappa shape index (κ2) is 10.6. The van der Waals surface area contributed by atoms with Crippen molar-refractivity contribution in [1.82, 2.24) is 19.9 Å². The summed E-state index contributed by atoms with van der Waals surface area (Å²) in [5.74, 6) is -1.70. The number of hydrogen-bond acceptors (Lipinski definition) is 12. The smallest absolute Gasteiger partial charge is 0.323 e. The number of aliphatic hydroxyl groups is 3. The third-order valence-electron chi connectivity index (χ3n) is 4.90. The molecule has 0 bridgehead atoms. The van der Waals surface area contributed by atoms with Crippen molar-refractivity contribution >= 4 is 11.9 Å². The van der Waals surface area contributed by atoms with Gasteiger partial charge < -0.3 is 51.0 Å². The fourth-order valence-electron chi connectivity index (χ4n) is 3.11. The Balaban J connectivity index is 1.49. The molecule has 1 fully saturated rings. The molecule has 1 aliphatic heterocycles. The molecule has 32 heavy (non-hydrogen) atoms. The molecule has 7 atom stereocenters. The predicted molar refractivity (Wildman–Crippen MR) is 104 cm³/mol. The number of aliphatic hydroxyl groups excluding tert-OH is 3. The van der Waals surface area contributed by atoms with Crippen LogP contribution in [0.25, 0.3) is 0 Å². The van der Waals surface area contributed by atoms with Crippen molar-refractivity contribution < 1.29 is 39.1 Å². The third kappa shape index (κ3) is 5.87. The Morgan fingerprint density at radius 3 is 2.09 bits per heavy atom. The fourth-order valence-corrected chi connectivity index (χ4v) is 3.11. The first-order valence-electron chi connectivity index (χ1n) is 9.78. The quantitative estimate of drug-likeness (QED) is 0.183. The van der Waals surface area contributed by atoms with E-state index >= 15 is 0 Å². The maximum absolute atomic E-state index is 12.2. The van der Waals surface area contributed by atoms with E-state index in [-0.39, 0.29) is 12.8 Å². The fraction of sp³-hybridized carbons (Fsp3) is 0.556. The molecule has 0 radical (unpaired) electrons. The molecule has 1 saturated heterocycles. The molecule has 0 saturated carbocycles. The van der Waals surface area contributed by atoms with Crippen molar-refractivity contribution in [3.8, 4) is 0 Å². The van der Waals surface area contributed by atoms with Crippen molar-refractivity contribution in [2.75, 3.05) is 6.61 Å². The lowest BCUT2D eigenvalue weighted by atomic mass is 9.99. The number of carbonyl (C=O) groups is 2. The summed E-state index contributed by atoms with van der Waals surface area (Å²) in [5.41, 5.74) is 12.8. The topological polar surface area (TPSA) is 232 Å². The Morgan fingerprint density at radius 2 is 1.56 bits per heavy atom. The molecule has 3 heterocycles. The van der Waals surface area contributed by atoms with Gasteiger partial charge in [-0.2, -0.15) is 0 Å². The molecule has 0 aliphatic carbocycles. The van der Waals surface area contributed by atoms with Crippen LogP contribution in [-0.4, -0.2) is 96.6 Å². The van der Waals surface area contributed by atoms with Gasteiger partial charge in [-0.05, 0) is 0 Å². The molecule has 3 rings (SSSR count). The number of esters is 2. The van der Waals surface area contributed by atoms with Gasteiger partial charge in [-0.15, -0.1) is 0 Å². The lowest BCUT2D eigenvalue weighted by Gasteiger charge is -2.40. The molecule has 14 heteroatoms. The highest BCUT2D eigenvalue weighted by atomic mass is 16.7. The Kier molecular flexibility index (Phi) is 7.89. The minimum atomic E-state index is -1.79. The summed E-state index contributed by atoms with van der Waals surface area (Å²) in [5, 5.41) is 30.8. The zero-order valence-electron chi connectivity index (χ0n) is 16.9. The molecule has 1 unspecified atom stereocenters. The first-order chi connectivity index (χ1) is 15.3. The van der Waals surface area contributed by atoms with E-state index in [4.69, 9.17) is 25.7 Å². The largest absolute Gasteiger partial charge is 0.462 e. The van der Waals surface area contributed by atoms with Crippen LogP contribution in [0.5, 0.6) is 0 Å². The molecule has 0 amide bonds. The highest BCUT2D eigenvalue weighted by Crippen LogP contribution is 2.23. The number of nitrogens with zero attached hydrogens (tertiary/aromatic N) is 2. The molecular formula is C18H26N6O8. The number of imidazole rings is 2. The molecule has 2 aromatic rings. The van der Waals surface area contributed by atoms with Gasteiger partial charge in [-0.3, -0.25) is 9.59 Å². The summed E-state index contributed by atoms with van der Waals surface area (Å²) in [4.78, 5) is 37.5. The SMILES string of the molecule is N[C@@H](Cc1cnc[nH]1)C(=O)OC[C@H]1OC(O)[C@H](OC(=O)[C@@H](N)Cc2cnc[nH]2)[C@@H](O)[C@@H]1O. The van der Waals surface area contributed by atoms with Crippen molar-refractivity contribution in [2.45, 2.75) is 55.6 Å². The summed E-state index contributed by atoms with van der Waals surface area (Å²) in [6, 6.07) is -2.11.